The van der Waals surface area contributed by atoms with E-state index in [-0.39, 0.29) is 0 Å². The van der Waals surface area contributed by atoms with Gasteiger partial charge in [0.15, 0.2) is 0 Å². The number of thiocarbonyl (C=S) groups is 1. The van der Waals surface area contributed by atoms with E-state index in [1.165, 1.54) is 0 Å². The van der Waals surface area contributed by atoms with Crippen molar-refractivity contribution < 1.29 is 0 Å². The molecule has 0 amide bonds. The molecule has 0 radical (unpaired) electrons. The van der Waals surface area contributed by atoms with E-state index in [1.807, 2.05) is 6.07 Å². The first-order valence-corrected chi connectivity index (χ1v) is 6.55. The lowest BCUT2D eigenvalue weighted by atomic mass is 9.98. The zero-order valence-electron chi connectivity index (χ0n) is 9.60. The largest absolute Gasteiger partial charge is 0.393 e. The standard InChI is InChI=1S/C12H16ClN3S/c13-11-6-15-4-3-9(11)7-16-5-1-2-10(8-16)12(14)17/h3-4,6,10H,1-2,5,7-8H2,(H2,14,17). The van der Waals surface area contributed by atoms with Gasteiger partial charge < -0.3 is 5.73 Å². The molecule has 1 atom stereocenters. The molecule has 0 aromatic carbocycles. The Morgan fingerprint density at radius 3 is 3.18 bits per heavy atom. The van der Waals surface area contributed by atoms with Crippen LogP contribution in [0.15, 0.2) is 18.5 Å². The Morgan fingerprint density at radius 1 is 1.65 bits per heavy atom. The van der Waals surface area contributed by atoms with Gasteiger partial charge in [-0.05, 0) is 31.0 Å². The van der Waals surface area contributed by atoms with Crippen LogP contribution in [0.5, 0.6) is 0 Å². The molecule has 2 heterocycles. The molecule has 0 spiro atoms. The van der Waals surface area contributed by atoms with E-state index in [2.05, 4.69) is 9.88 Å². The minimum atomic E-state index is 0.347. The van der Waals surface area contributed by atoms with Crippen LogP contribution in [-0.4, -0.2) is 28.0 Å². The molecule has 0 saturated carbocycles. The lowest BCUT2D eigenvalue weighted by molar-refractivity contribution is 0.197. The molecule has 1 aromatic rings. The fraction of sp³-hybridized carbons (Fsp3) is 0.500. The summed E-state index contributed by atoms with van der Waals surface area (Å²) in [6.07, 6.45) is 5.71. The Kier molecular flexibility index (Phi) is 4.31. The lowest BCUT2D eigenvalue weighted by Crippen LogP contribution is -2.40. The highest BCUT2D eigenvalue weighted by molar-refractivity contribution is 7.80. The van der Waals surface area contributed by atoms with Crippen molar-refractivity contribution in [2.45, 2.75) is 19.4 Å². The fourth-order valence-corrected chi connectivity index (χ4v) is 2.58. The monoisotopic (exact) mass is 269 g/mol. The van der Waals surface area contributed by atoms with E-state index in [0.717, 1.165) is 43.1 Å². The van der Waals surface area contributed by atoms with Gasteiger partial charge in [-0.25, -0.2) is 0 Å². The van der Waals surface area contributed by atoms with Crippen molar-refractivity contribution in [1.82, 2.24) is 9.88 Å². The van der Waals surface area contributed by atoms with Crippen LogP contribution in [0, 0.1) is 5.92 Å². The summed E-state index contributed by atoms with van der Waals surface area (Å²) in [5.41, 5.74) is 6.84. The van der Waals surface area contributed by atoms with Crippen LogP contribution in [0.3, 0.4) is 0 Å². The SMILES string of the molecule is NC(=S)C1CCCN(Cc2ccncc2Cl)C1. The third kappa shape index (κ3) is 3.37. The smallest absolute Gasteiger partial charge is 0.0771 e. The molecule has 17 heavy (non-hydrogen) atoms. The van der Waals surface area contributed by atoms with Crippen molar-refractivity contribution in [3.8, 4) is 0 Å². The second kappa shape index (κ2) is 5.76. The van der Waals surface area contributed by atoms with Gasteiger partial charge in [0.05, 0.1) is 10.0 Å². The first-order chi connectivity index (χ1) is 8.16. The van der Waals surface area contributed by atoms with Gasteiger partial charge in [0.2, 0.25) is 0 Å². The van der Waals surface area contributed by atoms with Crippen molar-refractivity contribution >= 4 is 28.8 Å². The van der Waals surface area contributed by atoms with Gasteiger partial charge in [-0.2, -0.15) is 0 Å². The molecule has 1 aromatic heterocycles. The predicted molar refractivity (Wildman–Crippen MR) is 74.0 cm³/mol. The maximum atomic E-state index is 6.10. The fourth-order valence-electron chi connectivity index (χ4n) is 2.20. The van der Waals surface area contributed by atoms with E-state index < -0.39 is 0 Å². The first kappa shape index (κ1) is 12.7. The van der Waals surface area contributed by atoms with Crippen molar-refractivity contribution in [2.24, 2.45) is 11.7 Å². The van der Waals surface area contributed by atoms with Gasteiger partial charge in [-0.15, -0.1) is 0 Å². The molecule has 1 aliphatic rings. The summed E-state index contributed by atoms with van der Waals surface area (Å²) in [7, 11) is 0. The maximum Gasteiger partial charge on any atom is 0.0771 e. The Balaban J connectivity index is 1.99. The third-order valence-electron chi connectivity index (χ3n) is 3.16. The number of pyridine rings is 1. The summed E-state index contributed by atoms with van der Waals surface area (Å²) in [5, 5.41) is 0.727. The van der Waals surface area contributed by atoms with Crippen LogP contribution < -0.4 is 5.73 Å². The molecular formula is C12H16ClN3S. The van der Waals surface area contributed by atoms with E-state index in [4.69, 9.17) is 29.6 Å². The summed E-state index contributed by atoms with van der Waals surface area (Å²) in [6.45, 7) is 2.87. The molecule has 92 valence electrons. The highest BCUT2D eigenvalue weighted by Crippen LogP contribution is 2.21. The van der Waals surface area contributed by atoms with Crippen molar-refractivity contribution in [1.29, 1.82) is 0 Å². The van der Waals surface area contributed by atoms with Crippen LogP contribution in [0.1, 0.15) is 18.4 Å². The number of piperidine rings is 1. The Morgan fingerprint density at radius 2 is 2.47 bits per heavy atom. The topological polar surface area (TPSA) is 42.1 Å². The second-order valence-electron chi connectivity index (χ2n) is 4.44. The third-order valence-corrected chi connectivity index (χ3v) is 3.83. The quantitative estimate of drug-likeness (QED) is 0.855. The van der Waals surface area contributed by atoms with Crippen molar-refractivity contribution in [3.63, 3.8) is 0 Å². The van der Waals surface area contributed by atoms with Gasteiger partial charge in [-0.3, -0.25) is 9.88 Å². The minimum absolute atomic E-state index is 0.347. The Bertz CT molecular complexity index is 410. The maximum absolute atomic E-state index is 6.10. The molecule has 1 unspecified atom stereocenters. The van der Waals surface area contributed by atoms with Gasteiger partial charge in [0.1, 0.15) is 0 Å². The Labute approximate surface area is 112 Å². The minimum Gasteiger partial charge on any atom is -0.393 e. The highest BCUT2D eigenvalue weighted by atomic mass is 35.5. The summed E-state index contributed by atoms with van der Waals surface area (Å²) >= 11 is 11.2. The van der Waals surface area contributed by atoms with Gasteiger partial charge in [0, 0.05) is 31.4 Å². The number of nitrogens with zero attached hydrogens (tertiary/aromatic N) is 2. The second-order valence-corrected chi connectivity index (χ2v) is 5.32. The highest BCUT2D eigenvalue weighted by Gasteiger charge is 2.22. The van der Waals surface area contributed by atoms with Crippen LogP contribution in [0.4, 0.5) is 0 Å². The molecule has 0 bridgehead atoms. The zero-order valence-corrected chi connectivity index (χ0v) is 11.2. The lowest BCUT2D eigenvalue weighted by Gasteiger charge is -2.32. The molecule has 1 saturated heterocycles. The number of halogens is 1. The molecule has 0 aliphatic carbocycles. The van der Waals surface area contributed by atoms with E-state index in [1.54, 1.807) is 12.4 Å². The summed E-state index contributed by atoms with van der Waals surface area (Å²) in [5.74, 6) is 0.347. The summed E-state index contributed by atoms with van der Waals surface area (Å²) in [4.78, 5) is 6.98. The molecule has 2 rings (SSSR count). The summed E-state index contributed by atoms with van der Waals surface area (Å²) < 4.78 is 0. The molecule has 1 aliphatic heterocycles. The van der Waals surface area contributed by atoms with Crippen LogP contribution in [-0.2, 0) is 6.54 Å². The van der Waals surface area contributed by atoms with E-state index >= 15 is 0 Å². The van der Waals surface area contributed by atoms with Crippen molar-refractivity contribution in [3.05, 3.63) is 29.0 Å². The number of nitrogens with two attached hydrogens (primary N) is 1. The number of rotatable bonds is 3. The van der Waals surface area contributed by atoms with Crippen LogP contribution in [0.2, 0.25) is 5.02 Å². The summed E-state index contributed by atoms with van der Waals surface area (Å²) in [6, 6.07) is 1.96. The average Bonchev–Trinajstić information content (AvgIpc) is 2.32. The molecular weight excluding hydrogens is 254 g/mol. The average molecular weight is 270 g/mol. The zero-order chi connectivity index (χ0) is 12.3. The normalized spacial score (nSPS) is 21.4. The van der Waals surface area contributed by atoms with E-state index in [9.17, 15) is 0 Å². The molecule has 2 N–H and O–H groups in total. The molecule has 5 heteroatoms. The molecule has 3 nitrogen and oxygen atoms in total. The molecule has 1 fully saturated rings. The Hall–Kier alpha value is -0.710. The van der Waals surface area contributed by atoms with Gasteiger partial charge in [-0.1, -0.05) is 23.8 Å². The van der Waals surface area contributed by atoms with Crippen molar-refractivity contribution in [2.75, 3.05) is 13.1 Å². The van der Waals surface area contributed by atoms with Crippen LogP contribution >= 0.6 is 23.8 Å². The van der Waals surface area contributed by atoms with Gasteiger partial charge >= 0.3 is 0 Å². The number of aromatic nitrogens is 1. The van der Waals surface area contributed by atoms with Gasteiger partial charge in [0.25, 0.3) is 0 Å². The first-order valence-electron chi connectivity index (χ1n) is 5.77. The number of likely N-dealkylation sites (tertiary alicyclic amines) is 1. The predicted octanol–water partition coefficient (Wildman–Crippen LogP) is 2.23. The number of hydrogen-bond donors (Lipinski definition) is 1. The van der Waals surface area contributed by atoms with E-state index in [0.29, 0.717) is 10.9 Å². The number of hydrogen-bond acceptors (Lipinski definition) is 3. The van der Waals surface area contributed by atoms with Crippen LogP contribution in [0.25, 0.3) is 0 Å².